The third-order valence-corrected chi connectivity index (χ3v) is 5.45. The van der Waals surface area contributed by atoms with E-state index in [1.54, 1.807) is 0 Å². The number of fused-ring (bicyclic) bond motifs is 1. The van der Waals surface area contributed by atoms with E-state index in [1.165, 1.54) is 11.1 Å². The number of rotatable bonds is 4. The minimum absolute atomic E-state index is 0.150. The van der Waals surface area contributed by atoms with Crippen molar-refractivity contribution < 1.29 is 0 Å². The number of nitrogen functional groups attached to an aromatic ring is 1. The molecule has 2 aliphatic heterocycles. The first-order valence-electron chi connectivity index (χ1n) is 10.1. The molecular weight excluding hydrogens is 365 g/mol. The quantitative estimate of drug-likeness (QED) is 0.452. The topological polar surface area (TPSA) is 41.3 Å². The second kappa shape index (κ2) is 7.84. The normalized spacial score (nSPS) is 15.1. The number of para-hydroxylation sites is 2. The van der Waals surface area contributed by atoms with Gasteiger partial charge in [-0.25, -0.2) is 0 Å². The van der Waals surface area contributed by atoms with E-state index in [2.05, 4.69) is 89.0 Å². The van der Waals surface area contributed by atoms with Crippen molar-refractivity contribution in [1.82, 2.24) is 4.81 Å². The molecule has 0 fully saturated rings. The molecule has 0 saturated heterocycles. The van der Waals surface area contributed by atoms with Crippen molar-refractivity contribution in [2.75, 3.05) is 11.1 Å². The van der Waals surface area contributed by atoms with Crippen LogP contribution in [0, 0.1) is 0 Å². The molecule has 30 heavy (non-hydrogen) atoms. The molecule has 2 aliphatic rings. The Hall–Kier alpha value is -3.92. The number of nitrogens with one attached hydrogen (secondary N) is 1. The van der Waals surface area contributed by atoms with Gasteiger partial charge in [0.25, 0.3) is 0 Å². The Morgan fingerprint density at radius 3 is 2.07 bits per heavy atom. The van der Waals surface area contributed by atoms with Crippen LogP contribution in [0.25, 0.3) is 11.1 Å². The Balaban J connectivity index is 1.63. The highest BCUT2D eigenvalue weighted by Crippen LogP contribution is 2.34. The molecular formula is C26H22BN3. The van der Waals surface area contributed by atoms with Gasteiger partial charge >= 0.3 is 6.85 Å². The average Bonchev–Trinajstić information content (AvgIpc) is 2.81. The van der Waals surface area contributed by atoms with Gasteiger partial charge in [0.2, 0.25) is 0 Å². The minimum Gasteiger partial charge on any atom is -0.397 e. The molecule has 0 atom stereocenters. The first-order chi connectivity index (χ1) is 14.8. The van der Waals surface area contributed by atoms with Crippen LogP contribution >= 0.6 is 0 Å². The summed E-state index contributed by atoms with van der Waals surface area (Å²) < 4.78 is 0. The second-order valence-corrected chi connectivity index (χ2v) is 7.41. The SMILES string of the molecule is Nc1ccccc1NC1=C(c2ccccc2)C=CB2C=CC(c3ccccc3)=CN21. The van der Waals surface area contributed by atoms with Gasteiger partial charge in [-0.3, -0.25) is 0 Å². The summed E-state index contributed by atoms with van der Waals surface area (Å²) >= 11 is 0. The lowest BCUT2D eigenvalue weighted by Gasteiger charge is -2.35. The zero-order valence-corrected chi connectivity index (χ0v) is 16.6. The van der Waals surface area contributed by atoms with Gasteiger partial charge in [-0.15, -0.1) is 0 Å². The van der Waals surface area contributed by atoms with Crippen LogP contribution in [0.1, 0.15) is 11.1 Å². The smallest absolute Gasteiger partial charge is 0.314 e. The van der Waals surface area contributed by atoms with Crippen LogP contribution in [0.4, 0.5) is 11.4 Å². The maximum absolute atomic E-state index is 6.26. The molecule has 3 aromatic rings. The summed E-state index contributed by atoms with van der Waals surface area (Å²) in [5.41, 5.74) is 12.6. The standard InChI is InChI=1S/C26H22BN3/c28-24-13-7-8-14-25(24)29-26-23(21-11-5-2-6-12-21)16-18-27-17-15-22(19-30(26)27)20-9-3-1-4-10-20/h1-19,29H,28H2. The van der Waals surface area contributed by atoms with Crippen LogP contribution in [0.5, 0.6) is 0 Å². The summed E-state index contributed by atoms with van der Waals surface area (Å²) in [7, 11) is 0. The molecule has 0 amide bonds. The summed E-state index contributed by atoms with van der Waals surface area (Å²) in [6, 6.07) is 28.8. The average molecular weight is 387 g/mol. The third-order valence-electron chi connectivity index (χ3n) is 5.45. The van der Waals surface area contributed by atoms with Crippen molar-refractivity contribution in [3.63, 3.8) is 0 Å². The van der Waals surface area contributed by atoms with Crippen LogP contribution in [0.15, 0.2) is 121 Å². The number of benzene rings is 3. The van der Waals surface area contributed by atoms with E-state index in [1.807, 2.05) is 36.4 Å². The zero-order chi connectivity index (χ0) is 20.3. The van der Waals surface area contributed by atoms with Gasteiger partial charge in [-0.1, -0.05) is 96.9 Å². The number of allylic oxidation sites excluding steroid dienone is 4. The van der Waals surface area contributed by atoms with Crippen molar-refractivity contribution in [3.05, 3.63) is 132 Å². The van der Waals surface area contributed by atoms with Crippen molar-refractivity contribution >= 4 is 29.4 Å². The Kier molecular flexibility index (Phi) is 4.74. The molecule has 0 radical (unpaired) electrons. The predicted molar refractivity (Wildman–Crippen MR) is 128 cm³/mol. The predicted octanol–water partition coefficient (Wildman–Crippen LogP) is 5.60. The van der Waals surface area contributed by atoms with Gasteiger partial charge in [0.15, 0.2) is 0 Å². The van der Waals surface area contributed by atoms with Crippen LogP contribution in [-0.4, -0.2) is 11.7 Å². The second-order valence-electron chi connectivity index (χ2n) is 7.41. The van der Waals surface area contributed by atoms with E-state index in [4.69, 9.17) is 5.73 Å². The fraction of sp³-hybridized carbons (Fsp3) is 0. The molecule has 4 heteroatoms. The summed E-state index contributed by atoms with van der Waals surface area (Å²) in [6.45, 7) is 0.150. The van der Waals surface area contributed by atoms with Crippen LogP contribution in [-0.2, 0) is 0 Å². The van der Waals surface area contributed by atoms with Crippen LogP contribution in [0.2, 0.25) is 0 Å². The van der Waals surface area contributed by atoms with E-state index >= 15 is 0 Å². The number of hydrogen-bond donors (Lipinski definition) is 2. The highest BCUT2D eigenvalue weighted by molar-refractivity contribution is 6.68. The molecule has 0 unspecified atom stereocenters. The fourth-order valence-electron chi connectivity index (χ4n) is 3.88. The molecule has 0 bridgehead atoms. The van der Waals surface area contributed by atoms with Gasteiger partial charge in [0, 0.05) is 11.8 Å². The number of nitrogens with zero attached hydrogens (tertiary/aromatic N) is 1. The molecule has 3 N–H and O–H groups in total. The van der Waals surface area contributed by atoms with E-state index in [-0.39, 0.29) is 6.85 Å². The van der Waals surface area contributed by atoms with E-state index in [0.717, 1.165) is 28.3 Å². The third kappa shape index (κ3) is 3.44. The van der Waals surface area contributed by atoms with Crippen molar-refractivity contribution in [2.45, 2.75) is 0 Å². The van der Waals surface area contributed by atoms with Gasteiger partial charge in [-0.05, 0) is 28.8 Å². The summed E-state index contributed by atoms with van der Waals surface area (Å²) in [6.07, 6.45) is 6.61. The molecule has 0 saturated carbocycles. The first kappa shape index (κ1) is 18.1. The largest absolute Gasteiger partial charge is 0.397 e. The molecule has 2 heterocycles. The molecule has 0 aromatic heterocycles. The lowest BCUT2D eigenvalue weighted by Crippen LogP contribution is -2.39. The van der Waals surface area contributed by atoms with Gasteiger partial charge in [0.05, 0.1) is 11.4 Å². The monoisotopic (exact) mass is 387 g/mol. The summed E-state index contributed by atoms with van der Waals surface area (Å²) in [4.78, 5) is 2.29. The highest BCUT2D eigenvalue weighted by Gasteiger charge is 2.29. The first-order valence-corrected chi connectivity index (χ1v) is 10.1. The van der Waals surface area contributed by atoms with E-state index < -0.39 is 0 Å². The highest BCUT2D eigenvalue weighted by atomic mass is 15.2. The Bertz CT molecular complexity index is 1180. The molecule has 5 rings (SSSR count). The summed E-state index contributed by atoms with van der Waals surface area (Å²) in [5, 5.41) is 3.62. The van der Waals surface area contributed by atoms with Gasteiger partial charge < -0.3 is 15.9 Å². The molecule has 0 aliphatic carbocycles. The van der Waals surface area contributed by atoms with Gasteiger partial charge in [0.1, 0.15) is 5.82 Å². The molecule has 3 nitrogen and oxygen atoms in total. The lowest BCUT2D eigenvalue weighted by atomic mass is 9.56. The van der Waals surface area contributed by atoms with Crippen molar-refractivity contribution in [1.29, 1.82) is 0 Å². The molecule has 3 aromatic carbocycles. The van der Waals surface area contributed by atoms with Gasteiger partial charge in [-0.2, -0.15) is 0 Å². The van der Waals surface area contributed by atoms with E-state index in [9.17, 15) is 0 Å². The van der Waals surface area contributed by atoms with Crippen molar-refractivity contribution in [2.24, 2.45) is 0 Å². The molecule has 144 valence electrons. The minimum atomic E-state index is 0.150. The molecule has 0 spiro atoms. The maximum atomic E-state index is 6.26. The number of nitrogens with two attached hydrogens (primary N) is 1. The fourth-order valence-corrected chi connectivity index (χ4v) is 3.88. The lowest BCUT2D eigenvalue weighted by molar-refractivity contribution is 0.729. The van der Waals surface area contributed by atoms with Crippen molar-refractivity contribution in [3.8, 4) is 0 Å². The Labute approximate surface area is 177 Å². The number of anilines is 2. The van der Waals surface area contributed by atoms with Crippen LogP contribution in [0.3, 0.4) is 0 Å². The zero-order valence-electron chi connectivity index (χ0n) is 16.6. The number of hydrogen-bond acceptors (Lipinski definition) is 3. The Morgan fingerprint density at radius 2 is 1.33 bits per heavy atom. The maximum Gasteiger partial charge on any atom is 0.314 e. The Morgan fingerprint density at radius 1 is 0.700 bits per heavy atom. The summed E-state index contributed by atoms with van der Waals surface area (Å²) in [5.74, 6) is 5.48. The van der Waals surface area contributed by atoms with Crippen LogP contribution < -0.4 is 11.1 Å². The van der Waals surface area contributed by atoms with E-state index in [0.29, 0.717) is 0 Å².